The Hall–Kier alpha value is -1.83. The summed E-state index contributed by atoms with van der Waals surface area (Å²) in [4.78, 5) is 10.6. The number of hydrogen-bond donors (Lipinski definition) is 1. The molecule has 0 aliphatic heterocycles. The lowest BCUT2D eigenvalue weighted by atomic mass is 10.4. The molecule has 7 nitrogen and oxygen atoms in total. The van der Waals surface area contributed by atoms with Gasteiger partial charge in [-0.2, -0.15) is 5.10 Å². The van der Waals surface area contributed by atoms with Gasteiger partial charge < -0.3 is 9.67 Å². The molecule has 2 heterocycles. The number of nitrogens with zero attached hydrogens (tertiary/aromatic N) is 5. The molecule has 1 N–H and O–H groups in total. The van der Waals surface area contributed by atoms with Crippen molar-refractivity contribution in [2.75, 3.05) is 5.75 Å². The number of carboxylic acids is 1. The Balaban J connectivity index is 2.07. The van der Waals surface area contributed by atoms with Crippen molar-refractivity contribution in [3.05, 3.63) is 23.8 Å². The minimum Gasteiger partial charge on any atom is -0.481 e. The van der Waals surface area contributed by atoms with Crippen LogP contribution in [0.15, 0.2) is 17.6 Å². The SMILES string of the molecule is CCc1nnc(SCC(=O)O)n1CCn1cc(C)cn1. The average molecular weight is 295 g/mol. The standard InChI is InChI=1S/C12H17N5O2S/c1-3-10-14-15-12(20-8-11(18)19)17(10)5-4-16-7-9(2)6-13-16/h6-7H,3-5,8H2,1-2H3,(H,18,19). The summed E-state index contributed by atoms with van der Waals surface area (Å²) >= 11 is 1.19. The van der Waals surface area contributed by atoms with E-state index in [0.717, 1.165) is 17.8 Å². The molecule has 0 fully saturated rings. The Labute approximate surface area is 121 Å². The molecule has 0 spiro atoms. The predicted octanol–water partition coefficient (Wildman–Crippen LogP) is 1.22. The predicted molar refractivity (Wildman–Crippen MR) is 74.7 cm³/mol. The number of carboxylic acid groups (broad SMARTS) is 1. The molecule has 0 aliphatic rings. The fourth-order valence-corrected chi connectivity index (χ4v) is 2.53. The smallest absolute Gasteiger partial charge is 0.313 e. The molecule has 0 aromatic carbocycles. The van der Waals surface area contributed by atoms with Crippen molar-refractivity contribution < 1.29 is 9.90 Å². The van der Waals surface area contributed by atoms with E-state index in [9.17, 15) is 4.79 Å². The third-order valence-corrected chi connectivity index (χ3v) is 3.70. The summed E-state index contributed by atoms with van der Waals surface area (Å²) in [6.45, 7) is 5.39. The molecule has 8 heteroatoms. The van der Waals surface area contributed by atoms with Crippen molar-refractivity contribution in [2.24, 2.45) is 0 Å². The molecule has 0 aliphatic carbocycles. The molecule has 20 heavy (non-hydrogen) atoms. The Morgan fingerprint density at radius 3 is 2.80 bits per heavy atom. The van der Waals surface area contributed by atoms with E-state index >= 15 is 0 Å². The normalized spacial score (nSPS) is 10.9. The summed E-state index contributed by atoms with van der Waals surface area (Å²) in [6, 6.07) is 0. The molecule has 2 rings (SSSR count). The van der Waals surface area contributed by atoms with Gasteiger partial charge in [-0.1, -0.05) is 18.7 Å². The molecule has 0 amide bonds. The molecule has 0 unspecified atom stereocenters. The highest BCUT2D eigenvalue weighted by Crippen LogP contribution is 2.17. The summed E-state index contributed by atoms with van der Waals surface area (Å²) in [7, 11) is 0. The second-order valence-corrected chi connectivity index (χ2v) is 5.31. The molecule has 0 atom stereocenters. The van der Waals surface area contributed by atoms with Crippen LogP contribution in [0.3, 0.4) is 0 Å². The van der Waals surface area contributed by atoms with E-state index in [1.807, 2.05) is 35.5 Å². The van der Waals surface area contributed by atoms with Gasteiger partial charge in [0.05, 0.1) is 18.5 Å². The van der Waals surface area contributed by atoms with Gasteiger partial charge in [0.1, 0.15) is 5.82 Å². The summed E-state index contributed by atoms with van der Waals surface area (Å²) < 4.78 is 3.82. The summed E-state index contributed by atoms with van der Waals surface area (Å²) in [5.74, 6) is -0.00464. The van der Waals surface area contributed by atoms with Crippen molar-refractivity contribution in [3.8, 4) is 0 Å². The van der Waals surface area contributed by atoms with E-state index in [1.165, 1.54) is 11.8 Å². The molecule has 108 valence electrons. The minimum atomic E-state index is -0.856. The molecule has 0 radical (unpaired) electrons. The lowest BCUT2D eigenvalue weighted by Crippen LogP contribution is -2.12. The third kappa shape index (κ3) is 3.60. The second kappa shape index (κ2) is 6.56. The zero-order valence-corrected chi connectivity index (χ0v) is 12.3. The molecule has 2 aromatic rings. The fourth-order valence-electron chi connectivity index (χ4n) is 1.83. The highest BCUT2D eigenvalue weighted by molar-refractivity contribution is 7.99. The lowest BCUT2D eigenvalue weighted by molar-refractivity contribution is -0.133. The zero-order chi connectivity index (χ0) is 14.5. The molecular weight excluding hydrogens is 278 g/mol. The monoisotopic (exact) mass is 295 g/mol. The molecular formula is C12H17N5O2S. The first-order valence-corrected chi connectivity index (χ1v) is 7.34. The number of aryl methyl sites for hydroxylation is 3. The van der Waals surface area contributed by atoms with E-state index in [0.29, 0.717) is 18.2 Å². The maximum Gasteiger partial charge on any atom is 0.313 e. The number of thioether (sulfide) groups is 1. The van der Waals surface area contributed by atoms with Crippen molar-refractivity contribution in [1.29, 1.82) is 0 Å². The largest absolute Gasteiger partial charge is 0.481 e. The van der Waals surface area contributed by atoms with Gasteiger partial charge in [0, 0.05) is 19.2 Å². The molecule has 0 saturated carbocycles. The molecule has 0 saturated heterocycles. The summed E-state index contributed by atoms with van der Waals surface area (Å²) in [5.41, 5.74) is 1.12. The van der Waals surface area contributed by atoms with Gasteiger partial charge in [-0.05, 0) is 12.5 Å². The highest BCUT2D eigenvalue weighted by Gasteiger charge is 2.12. The van der Waals surface area contributed by atoms with Crippen molar-refractivity contribution >= 4 is 17.7 Å². The number of aromatic nitrogens is 5. The van der Waals surface area contributed by atoms with Gasteiger partial charge in [0.15, 0.2) is 5.16 Å². The van der Waals surface area contributed by atoms with E-state index in [1.54, 1.807) is 0 Å². The topological polar surface area (TPSA) is 85.8 Å². The van der Waals surface area contributed by atoms with Gasteiger partial charge in [-0.15, -0.1) is 10.2 Å². The van der Waals surface area contributed by atoms with Crippen LogP contribution in [0, 0.1) is 6.92 Å². The molecule has 2 aromatic heterocycles. The van der Waals surface area contributed by atoms with E-state index in [2.05, 4.69) is 15.3 Å². The van der Waals surface area contributed by atoms with Crippen LogP contribution >= 0.6 is 11.8 Å². The van der Waals surface area contributed by atoms with Gasteiger partial charge in [-0.3, -0.25) is 9.48 Å². The number of rotatable bonds is 7. The van der Waals surface area contributed by atoms with Crippen LogP contribution < -0.4 is 0 Å². The summed E-state index contributed by atoms with van der Waals surface area (Å²) in [6.07, 6.45) is 4.55. The van der Waals surface area contributed by atoms with Gasteiger partial charge in [-0.25, -0.2) is 0 Å². The first-order chi connectivity index (χ1) is 9.60. The average Bonchev–Trinajstić information content (AvgIpc) is 2.99. The Morgan fingerprint density at radius 1 is 1.40 bits per heavy atom. The van der Waals surface area contributed by atoms with Crippen LogP contribution in [0.1, 0.15) is 18.3 Å². The third-order valence-electron chi connectivity index (χ3n) is 2.75. The Bertz CT molecular complexity index is 592. The van der Waals surface area contributed by atoms with Crippen molar-refractivity contribution in [2.45, 2.75) is 38.5 Å². The van der Waals surface area contributed by atoms with Gasteiger partial charge in [0.2, 0.25) is 0 Å². The number of aliphatic carboxylic acids is 1. The first-order valence-electron chi connectivity index (χ1n) is 6.36. The van der Waals surface area contributed by atoms with Crippen molar-refractivity contribution in [1.82, 2.24) is 24.5 Å². The van der Waals surface area contributed by atoms with E-state index in [4.69, 9.17) is 5.11 Å². The van der Waals surface area contributed by atoms with Gasteiger partial charge >= 0.3 is 5.97 Å². The summed E-state index contributed by atoms with van der Waals surface area (Å²) in [5, 5.41) is 21.8. The maximum atomic E-state index is 10.6. The number of hydrogen-bond acceptors (Lipinski definition) is 5. The van der Waals surface area contributed by atoms with E-state index < -0.39 is 5.97 Å². The minimum absolute atomic E-state index is 0.0112. The second-order valence-electron chi connectivity index (χ2n) is 4.37. The number of carbonyl (C=O) groups is 1. The maximum absolute atomic E-state index is 10.6. The Kier molecular flexibility index (Phi) is 4.78. The highest BCUT2D eigenvalue weighted by atomic mass is 32.2. The van der Waals surface area contributed by atoms with Crippen LogP contribution in [0.25, 0.3) is 0 Å². The van der Waals surface area contributed by atoms with Crippen LogP contribution in [-0.2, 0) is 24.3 Å². The van der Waals surface area contributed by atoms with Crippen molar-refractivity contribution in [3.63, 3.8) is 0 Å². The van der Waals surface area contributed by atoms with Gasteiger partial charge in [0.25, 0.3) is 0 Å². The quantitative estimate of drug-likeness (QED) is 0.773. The van der Waals surface area contributed by atoms with Crippen LogP contribution in [-0.4, -0.2) is 41.4 Å². The van der Waals surface area contributed by atoms with Crippen LogP contribution in [0.4, 0.5) is 0 Å². The first kappa shape index (κ1) is 14.6. The fraction of sp³-hybridized carbons (Fsp3) is 0.500. The zero-order valence-electron chi connectivity index (χ0n) is 11.5. The van der Waals surface area contributed by atoms with E-state index in [-0.39, 0.29) is 5.75 Å². The lowest BCUT2D eigenvalue weighted by Gasteiger charge is -2.08. The Morgan fingerprint density at radius 2 is 2.20 bits per heavy atom. The van der Waals surface area contributed by atoms with Crippen LogP contribution in [0.2, 0.25) is 0 Å². The molecule has 0 bridgehead atoms. The van der Waals surface area contributed by atoms with Crippen LogP contribution in [0.5, 0.6) is 0 Å².